The maximum atomic E-state index is 12.2. The Kier molecular flexibility index (Phi) is 5.09. The number of aryl methyl sites for hydroxylation is 1. The van der Waals surface area contributed by atoms with E-state index in [4.69, 9.17) is 5.73 Å². The highest BCUT2D eigenvalue weighted by Gasteiger charge is 2.23. The zero-order chi connectivity index (χ0) is 15.5. The van der Waals surface area contributed by atoms with E-state index < -0.39 is 10.0 Å². The fourth-order valence-corrected chi connectivity index (χ4v) is 3.95. The van der Waals surface area contributed by atoms with Crippen LogP contribution in [0.15, 0.2) is 33.9 Å². The average Bonchev–Trinajstić information content (AvgIpc) is 2.78. The smallest absolute Gasteiger partial charge is 0.260 e. The SMILES string of the molecule is Cn1nnc(Br)c1S(=O)(=O)NCc1ccc(CCN)cc1. The van der Waals surface area contributed by atoms with Crippen molar-refractivity contribution in [2.45, 2.75) is 18.0 Å². The third kappa shape index (κ3) is 3.88. The Morgan fingerprint density at radius 3 is 2.43 bits per heavy atom. The summed E-state index contributed by atoms with van der Waals surface area (Å²) in [7, 11) is -2.15. The molecule has 0 spiro atoms. The minimum Gasteiger partial charge on any atom is -0.330 e. The van der Waals surface area contributed by atoms with Crippen LogP contribution in [0.5, 0.6) is 0 Å². The number of nitrogens with one attached hydrogen (secondary N) is 1. The average molecular weight is 374 g/mol. The van der Waals surface area contributed by atoms with Crippen molar-refractivity contribution in [3.05, 3.63) is 40.0 Å². The largest absolute Gasteiger partial charge is 0.330 e. The fraction of sp³-hybridized carbons (Fsp3) is 0.333. The predicted octanol–water partition coefficient (Wildman–Crippen LogP) is 0.557. The summed E-state index contributed by atoms with van der Waals surface area (Å²) in [5.41, 5.74) is 7.48. The second-order valence-electron chi connectivity index (χ2n) is 4.49. The third-order valence-electron chi connectivity index (χ3n) is 2.91. The molecule has 0 radical (unpaired) electrons. The van der Waals surface area contributed by atoms with Crippen molar-refractivity contribution in [1.29, 1.82) is 0 Å². The van der Waals surface area contributed by atoms with Crippen molar-refractivity contribution in [3.63, 3.8) is 0 Å². The van der Waals surface area contributed by atoms with Gasteiger partial charge >= 0.3 is 0 Å². The summed E-state index contributed by atoms with van der Waals surface area (Å²) in [6.45, 7) is 0.788. The van der Waals surface area contributed by atoms with Crippen molar-refractivity contribution in [2.24, 2.45) is 12.8 Å². The first-order valence-electron chi connectivity index (χ1n) is 6.27. The molecule has 0 bridgehead atoms. The van der Waals surface area contributed by atoms with Crippen molar-refractivity contribution in [1.82, 2.24) is 19.7 Å². The number of nitrogens with zero attached hydrogens (tertiary/aromatic N) is 3. The molecule has 3 N–H and O–H groups in total. The Hall–Kier alpha value is -1.29. The molecular formula is C12H16BrN5O2S. The second-order valence-corrected chi connectivity index (χ2v) is 6.92. The summed E-state index contributed by atoms with van der Waals surface area (Å²) in [6, 6.07) is 7.64. The Labute approximate surface area is 131 Å². The van der Waals surface area contributed by atoms with Crippen molar-refractivity contribution in [2.75, 3.05) is 6.54 Å². The number of hydrogen-bond donors (Lipinski definition) is 2. The van der Waals surface area contributed by atoms with E-state index in [0.29, 0.717) is 6.54 Å². The summed E-state index contributed by atoms with van der Waals surface area (Å²) in [4.78, 5) is 0. The molecule has 0 fully saturated rings. The monoisotopic (exact) mass is 373 g/mol. The highest BCUT2D eigenvalue weighted by molar-refractivity contribution is 9.10. The molecule has 0 aliphatic carbocycles. The lowest BCUT2D eigenvalue weighted by molar-refractivity contribution is 0.560. The first-order chi connectivity index (χ1) is 9.94. The van der Waals surface area contributed by atoms with Crippen LogP contribution in [0.1, 0.15) is 11.1 Å². The number of rotatable bonds is 6. The zero-order valence-corrected chi connectivity index (χ0v) is 13.9. The third-order valence-corrected chi connectivity index (χ3v) is 5.20. The van der Waals surface area contributed by atoms with Crippen LogP contribution >= 0.6 is 15.9 Å². The quantitative estimate of drug-likeness (QED) is 0.769. The van der Waals surface area contributed by atoms with E-state index in [9.17, 15) is 8.42 Å². The predicted molar refractivity (Wildman–Crippen MR) is 81.9 cm³/mol. The number of sulfonamides is 1. The first-order valence-corrected chi connectivity index (χ1v) is 8.54. The molecule has 7 nitrogen and oxygen atoms in total. The van der Waals surface area contributed by atoms with Crippen LogP contribution < -0.4 is 10.5 Å². The highest BCUT2D eigenvalue weighted by atomic mass is 79.9. The molecule has 9 heteroatoms. The summed E-state index contributed by atoms with van der Waals surface area (Å²) in [6.07, 6.45) is 0.805. The molecule has 114 valence electrons. The maximum Gasteiger partial charge on any atom is 0.260 e. The lowest BCUT2D eigenvalue weighted by Crippen LogP contribution is -2.25. The summed E-state index contributed by atoms with van der Waals surface area (Å²) in [5.74, 6) is 0. The molecule has 0 aliphatic rings. The normalized spacial score (nSPS) is 11.8. The topological polar surface area (TPSA) is 103 Å². The van der Waals surface area contributed by atoms with Gasteiger partial charge in [-0.3, -0.25) is 0 Å². The second kappa shape index (κ2) is 6.65. The van der Waals surface area contributed by atoms with E-state index >= 15 is 0 Å². The van der Waals surface area contributed by atoms with Gasteiger partial charge in [-0.15, -0.1) is 5.10 Å². The van der Waals surface area contributed by atoms with Gasteiger partial charge in [-0.2, -0.15) is 0 Å². The molecule has 0 atom stereocenters. The van der Waals surface area contributed by atoms with Crippen LogP contribution in [0.25, 0.3) is 0 Å². The van der Waals surface area contributed by atoms with E-state index in [1.807, 2.05) is 24.3 Å². The fourth-order valence-electron chi connectivity index (χ4n) is 1.85. The molecule has 21 heavy (non-hydrogen) atoms. The molecule has 1 aromatic carbocycles. The van der Waals surface area contributed by atoms with Crippen molar-refractivity contribution in [3.8, 4) is 0 Å². The van der Waals surface area contributed by atoms with Crippen molar-refractivity contribution >= 4 is 26.0 Å². The molecule has 2 rings (SSSR count). The number of aromatic nitrogens is 3. The zero-order valence-electron chi connectivity index (χ0n) is 11.5. The number of nitrogens with two attached hydrogens (primary N) is 1. The van der Waals surface area contributed by atoms with Gasteiger partial charge in [0.05, 0.1) is 0 Å². The van der Waals surface area contributed by atoms with Gasteiger partial charge in [-0.05, 0) is 40.0 Å². The molecular weight excluding hydrogens is 358 g/mol. The number of benzene rings is 1. The molecule has 0 unspecified atom stereocenters. The van der Waals surface area contributed by atoms with Gasteiger partial charge in [-0.25, -0.2) is 17.8 Å². The van der Waals surface area contributed by atoms with Gasteiger partial charge in [-0.1, -0.05) is 29.5 Å². The minimum absolute atomic E-state index is 0.00209. The van der Waals surface area contributed by atoms with Gasteiger partial charge in [0.1, 0.15) is 0 Å². The van der Waals surface area contributed by atoms with Gasteiger partial charge < -0.3 is 5.73 Å². The first kappa shape index (κ1) is 16.1. The Morgan fingerprint density at radius 2 is 1.90 bits per heavy atom. The van der Waals surface area contributed by atoms with Crippen LogP contribution in [0, 0.1) is 0 Å². The highest BCUT2D eigenvalue weighted by Crippen LogP contribution is 2.17. The van der Waals surface area contributed by atoms with Gasteiger partial charge in [0.25, 0.3) is 10.0 Å². The molecule has 0 saturated heterocycles. The van der Waals surface area contributed by atoms with Gasteiger partial charge in [0.15, 0.2) is 4.60 Å². The van der Waals surface area contributed by atoms with Gasteiger partial charge in [0.2, 0.25) is 5.03 Å². The molecule has 1 aromatic heterocycles. The minimum atomic E-state index is -3.68. The molecule has 0 amide bonds. The molecule has 0 saturated carbocycles. The number of halogens is 1. The Morgan fingerprint density at radius 1 is 1.29 bits per heavy atom. The van der Waals surface area contributed by atoms with Crippen LogP contribution in [0.4, 0.5) is 0 Å². The van der Waals surface area contributed by atoms with Crippen LogP contribution in [-0.4, -0.2) is 30.0 Å². The lowest BCUT2D eigenvalue weighted by Gasteiger charge is -2.07. The molecule has 2 aromatic rings. The van der Waals surface area contributed by atoms with Gasteiger partial charge in [0, 0.05) is 13.6 Å². The van der Waals surface area contributed by atoms with Crippen LogP contribution in [0.3, 0.4) is 0 Å². The van der Waals surface area contributed by atoms with Crippen molar-refractivity contribution < 1.29 is 8.42 Å². The molecule has 1 heterocycles. The maximum absolute atomic E-state index is 12.2. The summed E-state index contributed by atoms with van der Waals surface area (Å²) in [5, 5.41) is 7.33. The van der Waals surface area contributed by atoms with E-state index in [0.717, 1.165) is 17.5 Å². The van der Waals surface area contributed by atoms with Crippen LogP contribution in [0.2, 0.25) is 0 Å². The van der Waals surface area contributed by atoms with E-state index in [-0.39, 0.29) is 16.2 Å². The van der Waals surface area contributed by atoms with E-state index in [1.165, 1.54) is 11.7 Å². The number of hydrogen-bond acceptors (Lipinski definition) is 5. The Balaban J connectivity index is 2.08. The van der Waals surface area contributed by atoms with Crippen LogP contribution in [-0.2, 0) is 30.0 Å². The summed E-state index contributed by atoms with van der Waals surface area (Å²) >= 11 is 3.08. The standard InChI is InChI=1S/C12H16BrN5O2S/c1-18-12(11(13)16-17-18)21(19,20)15-8-10-4-2-9(3-5-10)6-7-14/h2-5,15H,6-8,14H2,1H3. The summed E-state index contributed by atoms with van der Waals surface area (Å²) < 4.78 is 28.4. The molecule has 0 aliphatic heterocycles. The lowest BCUT2D eigenvalue weighted by atomic mass is 10.1. The Bertz CT molecular complexity index is 692. The van der Waals surface area contributed by atoms with E-state index in [2.05, 4.69) is 31.0 Å². The van der Waals surface area contributed by atoms with E-state index in [1.54, 1.807) is 0 Å².